The normalized spacial score (nSPS) is 27.1. The summed E-state index contributed by atoms with van der Waals surface area (Å²) >= 11 is 0. The lowest BCUT2D eigenvalue weighted by atomic mass is 10.0. The standard InChI is InChI=1S/C17H19FN2O2/c1-21-17-8-11-13(6-7-19-15(11)9-12(17)18)20-14-4-2-10-3-5-16(14)22-10/h6-10,14,16H,2-5H2,1H3,(H,19,20). The van der Waals surface area contributed by atoms with Crippen molar-refractivity contribution in [3.63, 3.8) is 0 Å². The lowest BCUT2D eigenvalue weighted by molar-refractivity contribution is -0.00216. The molecule has 2 aromatic rings. The van der Waals surface area contributed by atoms with Crippen LogP contribution in [-0.2, 0) is 4.74 Å². The highest BCUT2D eigenvalue weighted by Crippen LogP contribution is 2.35. The predicted octanol–water partition coefficient (Wildman–Crippen LogP) is 3.50. The van der Waals surface area contributed by atoms with Crippen LogP contribution in [0.2, 0.25) is 0 Å². The molecule has 0 radical (unpaired) electrons. The Balaban J connectivity index is 1.69. The van der Waals surface area contributed by atoms with E-state index in [0.717, 1.165) is 30.3 Å². The van der Waals surface area contributed by atoms with Gasteiger partial charge in [0.15, 0.2) is 11.6 Å². The number of methoxy groups -OCH3 is 1. The van der Waals surface area contributed by atoms with Crippen LogP contribution in [0.3, 0.4) is 0 Å². The summed E-state index contributed by atoms with van der Waals surface area (Å²) in [4.78, 5) is 4.25. The monoisotopic (exact) mass is 302 g/mol. The van der Waals surface area contributed by atoms with Crippen LogP contribution in [-0.4, -0.2) is 30.3 Å². The second-order valence-corrected chi connectivity index (χ2v) is 6.06. The number of benzene rings is 1. The number of fused-ring (bicyclic) bond motifs is 3. The number of aromatic nitrogens is 1. The van der Waals surface area contributed by atoms with E-state index in [1.54, 1.807) is 12.3 Å². The van der Waals surface area contributed by atoms with Gasteiger partial charge in [0, 0.05) is 23.3 Å². The number of anilines is 1. The van der Waals surface area contributed by atoms with Crippen molar-refractivity contribution in [2.24, 2.45) is 0 Å². The number of hydrogen-bond donors (Lipinski definition) is 1. The molecule has 2 aliphatic rings. The Bertz CT molecular complexity index is 706. The van der Waals surface area contributed by atoms with Gasteiger partial charge in [-0.3, -0.25) is 4.98 Å². The van der Waals surface area contributed by atoms with Crippen molar-refractivity contribution in [2.45, 2.75) is 43.9 Å². The van der Waals surface area contributed by atoms with Crippen LogP contribution in [0.4, 0.5) is 10.1 Å². The molecule has 1 aromatic carbocycles. The molecule has 2 aliphatic heterocycles. The Kier molecular flexibility index (Phi) is 3.37. The summed E-state index contributed by atoms with van der Waals surface area (Å²) in [6.07, 6.45) is 6.93. The predicted molar refractivity (Wildman–Crippen MR) is 82.8 cm³/mol. The van der Waals surface area contributed by atoms with Crippen molar-refractivity contribution >= 4 is 16.6 Å². The lowest BCUT2D eigenvalue weighted by Crippen LogP contribution is -2.37. The molecule has 116 valence electrons. The average molecular weight is 302 g/mol. The molecule has 3 heterocycles. The maximum absolute atomic E-state index is 13.8. The van der Waals surface area contributed by atoms with Crippen LogP contribution in [0, 0.1) is 5.82 Å². The first-order valence-electron chi connectivity index (χ1n) is 7.79. The Morgan fingerprint density at radius 2 is 2.14 bits per heavy atom. The number of halogens is 1. The van der Waals surface area contributed by atoms with Crippen LogP contribution < -0.4 is 10.1 Å². The summed E-state index contributed by atoms with van der Waals surface area (Å²) in [6.45, 7) is 0. The van der Waals surface area contributed by atoms with Crippen molar-refractivity contribution in [3.8, 4) is 5.75 Å². The lowest BCUT2D eigenvalue weighted by Gasteiger charge is -2.31. The van der Waals surface area contributed by atoms with Gasteiger partial charge in [0.1, 0.15) is 0 Å². The first-order chi connectivity index (χ1) is 10.7. The molecule has 3 atom stereocenters. The molecule has 1 N–H and O–H groups in total. The Morgan fingerprint density at radius 1 is 1.27 bits per heavy atom. The summed E-state index contributed by atoms with van der Waals surface area (Å²) in [6, 6.07) is 5.37. The summed E-state index contributed by atoms with van der Waals surface area (Å²) in [5.41, 5.74) is 1.59. The van der Waals surface area contributed by atoms with E-state index in [1.165, 1.54) is 19.6 Å². The highest BCUT2D eigenvalue weighted by Gasteiger charge is 2.36. The molecule has 4 nitrogen and oxygen atoms in total. The van der Waals surface area contributed by atoms with Crippen molar-refractivity contribution in [2.75, 3.05) is 12.4 Å². The molecule has 4 rings (SSSR count). The second kappa shape index (κ2) is 5.39. The van der Waals surface area contributed by atoms with E-state index in [-0.39, 0.29) is 17.7 Å². The number of hydrogen-bond acceptors (Lipinski definition) is 4. The minimum Gasteiger partial charge on any atom is -0.494 e. The number of ether oxygens (including phenoxy) is 2. The van der Waals surface area contributed by atoms with Gasteiger partial charge in [-0.1, -0.05) is 0 Å². The smallest absolute Gasteiger partial charge is 0.167 e. The van der Waals surface area contributed by atoms with Crippen LogP contribution in [0.15, 0.2) is 24.4 Å². The van der Waals surface area contributed by atoms with Crippen molar-refractivity contribution in [1.29, 1.82) is 0 Å². The van der Waals surface area contributed by atoms with Gasteiger partial charge in [0.05, 0.1) is 30.9 Å². The van der Waals surface area contributed by atoms with E-state index in [2.05, 4.69) is 10.3 Å². The molecule has 2 bridgehead atoms. The molecule has 3 unspecified atom stereocenters. The third-order valence-corrected chi connectivity index (χ3v) is 4.74. The third-order valence-electron chi connectivity index (χ3n) is 4.74. The van der Waals surface area contributed by atoms with Crippen LogP contribution in [0.1, 0.15) is 25.7 Å². The Hall–Kier alpha value is -1.88. The summed E-state index contributed by atoms with van der Waals surface area (Å²) in [5.74, 6) is -0.149. The van der Waals surface area contributed by atoms with E-state index in [1.807, 2.05) is 6.07 Å². The van der Waals surface area contributed by atoms with Crippen molar-refractivity contribution < 1.29 is 13.9 Å². The van der Waals surface area contributed by atoms with Gasteiger partial charge in [-0.2, -0.15) is 0 Å². The fraction of sp³-hybridized carbons (Fsp3) is 0.471. The van der Waals surface area contributed by atoms with Crippen molar-refractivity contribution in [3.05, 3.63) is 30.2 Å². The van der Waals surface area contributed by atoms with Crippen LogP contribution in [0.25, 0.3) is 10.9 Å². The summed E-state index contributed by atoms with van der Waals surface area (Å²) in [7, 11) is 1.47. The van der Waals surface area contributed by atoms with E-state index in [4.69, 9.17) is 9.47 Å². The molecular formula is C17H19FN2O2. The molecule has 5 heteroatoms. The molecule has 0 amide bonds. The van der Waals surface area contributed by atoms with Gasteiger partial charge >= 0.3 is 0 Å². The molecule has 22 heavy (non-hydrogen) atoms. The number of rotatable bonds is 3. The number of nitrogens with zero attached hydrogens (tertiary/aromatic N) is 1. The van der Waals surface area contributed by atoms with Crippen LogP contribution >= 0.6 is 0 Å². The topological polar surface area (TPSA) is 43.4 Å². The fourth-order valence-electron chi connectivity index (χ4n) is 3.59. The van der Waals surface area contributed by atoms with Gasteiger partial charge in [-0.05, 0) is 37.8 Å². The second-order valence-electron chi connectivity index (χ2n) is 6.06. The minimum atomic E-state index is -0.390. The van der Waals surface area contributed by atoms with Gasteiger partial charge in [-0.15, -0.1) is 0 Å². The first kappa shape index (κ1) is 13.8. The molecule has 2 fully saturated rings. The number of nitrogens with one attached hydrogen (secondary N) is 1. The largest absolute Gasteiger partial charge is 0.494 e. The maximum atomic E-state index is 13.8. The van der Waals surface area contributed by atoms with Gasteiger partial charge < -0.3 is 14.8 Å². The Labute approximate surface area is 128 Å². The van der Waals surface area contributed by atoms with E-state index in [9.17, 15) is 4.39 Å². The van der Waals surface area contributed by atoms with Crippen LogP contribution in [0.5, 0.6) is 5.75 Å². The summed E-state index contributed by atoms with van der Waals surface area (Å²) < 4.78 is 24.9. The maximum Gasteiger partial charge on any atom is 0.167 e. The quantitative estimate of drug-likeness (QED) is 0.942. The zero-order chi connectivity index (χ0) is 15.1. The van der Waals surface area contributed by atoms with E-state index >= 15 is 0 Å². The molecule has 0 aliphatic carbocycles. The fourth-order valence-corrected chi connectivity index (χ4v) is 3.59. The third kappa shape index (κ3) is 2.29. The van der Waals surface area contributed by atoms with E-state index < -0.39 is 0 Å². The minimum absolute atomic E-state index is 0.240. The molecule has 1 aromatic heterocycles. The molecular weight excluding hydrogens is 283 g/mol. The Morgan fingerprint density at radius 3 is 3.00 bits per heavy atom. The molecule has 2 saturated heterocycles. The molecule has 0 spiro atoms. The summed E-state index contributed by atoms with van der Waals surface area (Å²) in [5, 5.41) is 4.46. The zero-order valence-corrected chi connectivity index (χ0v) is 12.5. The zero-order valence-electron chi connectivity index (χ0n) is 12.5. The number of pyridine rings is 1. The van der Waals surface area contributed by atoms with Gasteiger partial charge in [-0.25, -0.2) is 4.39 Å². The van der Waals surface area contributed by atoms with Gasteiger partial charge in [0.2, 0.25) is 0 Å². The van der Waals surface area contributed by atoms with Gasteiger partial charge in [0.25, 0.3) is 0 Å². The SMILES string of the molecule is COc1cc2c(NC3CCC4CCC3O4)ccnc2cc1F. The average Bonchev–Trinajstić information content (AvgIpc) is 2.92. The first-order valence-corrected chi connectivity index (χ1v) is 7.79. The van der Waals surface area contributed by atoms with Crippen molar-refractivity contribution in [1.82, 2.24) is 4.98 Å². The molecule has 0 saturated carbocycles. The highest BCUT2D eigenvalue weighted by molar-refractivity contribution is 5.92. The highest BCUT2D eigenvalue weighted by atomic mass is 19.1. The van der Waals surface area contributed by atoms with E-state index in [0.29, 0.717) is 17.7 Å².